The summed E-state index contributed by atoms with van der Waals surface area (Å²) in [7, 11) is 2.09. The van der Waals surface area contributed by atoms with Gasteiger partial charge in [-0.2, -0.15) is 4.57 Å². The summed E-state index contributed by atoms with van der Waals surface area (Å²) in [5.74, 6) is 0. The molecule has 0 saturated carbocycles. The maximum atomic E-state index is 6.34. The van der Waals surface area contributed by atoms with Crippen molar-refractivity contribution in [3.05, 3.63) is 65.7 Å². The van der Waals surface area contributed by atoms with Gasteiger partial charge < -0.3 is 4.42 Å². The zero-order chi connectivity index (χ0) is 16.3. The Hall–Kier alpha value is -2.65. The van der Waals surface area contributed by atoms with Crippen LogP contribution >= 0.6 is 11.3 Å². The number of thiazole rings is 1. The molecule has 5 aromatic rings. The summed E-state index contributed by atoms with van der Waals surface area (Å²) < 4.78 is 8.51. The molecule has 2 heterocycles. The summed E-state index contributed by atoms with van der Waals surface area (Å²) in [6.07, 6.45) is 2.09. The Labute approximate surface area is 143 Å². The Bertz CT molecular complexity index is 1230. The van der Waals surface area contributed by atoms with Gasteiger partial charge in [0.25, 0.3) is 5.01 Å². The lowest BCUT2D eigenvalue weighted by Crippen LogP contribution is -2.26. The molecular weight excluding hydrogens is 314 g/mol. The minimum atomic E-state index is 0.953. The highest BCUT2D eigenvalue weighted by Crippen LogP contribution is 2.40. The van der Waals surface area contributed by atoms with Gasteiger partial charge >= 0.3 is 0 Å². The van der Waals surface area contributed by atoms with Gasteiger partial charge in [-0.15, -0.1) is 0 Å². The van der Waals surface area contributed by atoms with E-state index < -0.39 is 0 Å². The van der Waals surface area contributed by atoms with Crippen LogP contribution < -0.4 is 4.57 Å². The number of fused-ring (bicyclic) bond motifs is 5. The van der Waals surface area contributed by atoms with Crippen molar-refractivity contribution in [1.82, 2.24) is 0 Å². The molecule has 5 rings (SSSR count). The average Bonchev–Trinajstić information content (AvgIpc) is 3.18. The third kappa shape index (κ3) is 1.79. The van der Waals surface area contributed by atoms with Crippen LogP contribution in [0.5, 0.6) is 0 Å². The van der Waals surface area contributed by atoms with Crippen LogP contribution in [0.15, 0.2) is 64.5 Å². The number of nitrogens with zero attached hydrogens (tertiary/aromatic N) is 1. The van der Waals surface area contributed by atoms with Crippen LogP contribution in [-0.2, 0) is 7.05 Å². The van der Waals surface area contributed by atoms with Gasteiger partial charge in [0.1, 0.15) is 18.2 Å². The number of aryl methyl sites for hydroxylation is 2. The zero-order valence-electron chi connectivity index (χ0n) is 13.5. The van der Waals surface area contributed by atoms with E-state index in [9.17, 15) is 0 Å². The van der Waals surface area contributed by atoms with E-state index in [0.29, 0.717) is 0 Å². The van der Waals surface area contributed by atoms with Crippen LogP contribution in [0.25, 0.3) is 43.3 Å². The van der Waals surface area contributed by atoms with Gasteiger partial charge in [0.15, 0.2) is 11.8 Å². The monoisotopic (exact) mass is 330 g/mol. The smallest absolute Gasteiger partial charge is 0.272 e. The normalized spacial score (nSPS) is 11.8. The zero-order valence-corrected chi connectivity index (χ0v) is 14.4. The molecule has 0 unspecified atom stereocenters. The molecule has 24 heavy (non-hydrogen) atoms. The molecule has 0 radical (unpaired) electrons. The molecule has 0 aliphatic heterocycles. The second-order valence-electron chi connectivity index (χ2n) is 6.22. The molecule has 0 aliphatic carbocycles. The quantitative estimate of drug-likeness (QED) is 0.366. The number of aromatic nitrogens is 1. The predicted molar refractivity (Wildman–Crippen MR) is 100 cm³/mol. The second-order valence-corrected chi connectivity index (χ2v) is 7.11. The van der Waals surface area contributed by atoms with Crippen molar-refractivity contribution in [3.63, 3.8) is 0 Å². The summed E-state index contributed by atoms with van der Waals surface area (Å²) in [6.45, 7) is 2.15. The van der Waals surface area contributed by atoms with E-state index in [1.807, 2.05) is 0 Å². The van der Waals surface area contributed by atoms with Gasteiger partial charge in [0.2, 0.25) is 0 Å². The van der Waals surface area contributed by atoms with Crippen LogP contribution in [0.4, 0.5) is 0 Å². The van der Waals surface area contributed by atoms with E-state index in [1.54, 1.807) is 11.3 Å². The van der Waals surface area contributed by atoms with Crippen LogP contribution in [-0.4, -0.2) is 0 Å². The Morgan fingerprint density at radius 1 is 0.958 bits per heavy atom. The molecule has 3 heteroatoms. The molecule has 116 valence electrons. The SMILES string of the molecule is Cc1ccc2c(oc3ccc4ccccc4c32)c1-c1scc[n+]1C. The minimum Gasteiger partial charge on any atom is -0.455 e. The van der Waals surface area contributed by atoms with Gasteiger partial charge in [-0.1, -0.05) is 53.8 Å². The second kappa shape index (κ2) is 4.92. The number of benzene rings is 3. The highest BCUT2D eigenvalue weighted by molar-refractivity contribution is 7.12. The first kappa shape index (κ1) is 13.8. The molecular formula is C21H16NOS+. The van der Waals surface area contributed by atoms with Crippen molar-refractivity contribution in [2.45, 2.75) is 6.92 Å². The number of hydrogen-bond acceptors (Lipinski definition) is 2. The number of hydrogen-bond donors (Lipinski definition) is 0. The van der Waals surface area contributed by atoms with E-state index in [4.69, 9.17) is 4.42 Å². The summed E-state index contributed by atoms with van der Waals surface area (Å²) in [6, 6.07) is 17.1. The minimum absolute atomic E-state index is 0.953. The van der Waals surface area contributed by atoms with Gasteiger partial charge in [-0.05, 0) is 29.3 Å². The third-order valence-electron chi connectivity index (χ3n) is 4.74. The lowest BCUT2D eigenvalue weighted by molar-refractivity contribution is -0.655. The molecule has 0 aliphatic rings. The van der Waals surface area contributed by atoms with Crippen molar-refractivity contribution in [2.24, 2.45) is 7.05 Å². The molecule has 2 nitrogen and oxygen atoms in total. The molecule has 0 N–H and O–H groups in total. The van der Waals surface area contributed by atoms with Crippen molar-refractivity contribution in [3.8, 4) is 10.6 Å². The van der Waals surface area contributed by atoms with Gasteiger partial charge in [-0.25, -0.2) is 0 Å². The van der Waals surface area contributed by atoms with E-state index in [1.165, 1.54) is 37.7 Å². The van der Waals surface area contributed by atoms with Gasteiger partial charge in [0.05, 0.1) is 5.38 Å². The first-order valence-electron chi connectivity index (χ1n) is 8.01. The van der Waals surface area contributed by atoms with E-state index in [-0.39, 0.29) is 0 Å². The van der Waals surface area contributed by atoms with Crippen molar-refractivity contribution >= 4 is 44.0 Å². The van der Waals surface area contributed by atoms with Crippen molar-refractivity contribution in [1.29, 1.82) is 0 Å². The lowest BCUT2D eigenvalue weighted by Gasteiger charge is -2.02. The summed E-state index contributed by atoms with van der Waals surface area (Å²) in [4.78, 5) is 0. The maximum absolute atomic E-state index is 6.34. The summed E-state index contributed by atoms with van der Waals surface area (Å²) in [5, 5.41) is 8.24. The molecule has 0 saturated heterocycles. The molecule has 0 atom stereocenters. The average molecular weight is 330 g/mol. The standard InChI is InChI=1S/C21H16NOS/c1-13-7-9-16-19-15-6-4-3-5-14(15)8-10-17(19)23-20(16)18(13)21-22(2)11-12-24-21/h3-12H,1-2H3/q+1. The molecule has 0 amide bonds. The fourth-order valence-corrected chi connectivity index (χ4v) is 4.52. The first-order chi connectivity index (χ1) is 11.7. The highest BCUT2D eigenvalue weighted by atomic mass is 32.1. The Kier molecular flexibility index (Phi) is 2.82. The summed E-state index contributed by atoms with van der Waals surface area (Å²) >= 11 is 1.75. The van der Waals surface area contributed by atoms with E-state index in [2.05, 4.69) is 78.6 Å². The molecule has 3 aromatic carbocycles. The number of rotatable bonds is 1. The Balaban J connectivity index is 2.01. The molecule has 0 fully saturated rings. The molecule has 2 aromatic heterocycles. The Morgan fingerprint density at radius 2 is 1.83 bits per heavy atom. The number of furan rings is 1. The van der Waals surface area contributed by atoms with Crippen LogP contribution in [0, 0.1) is 6.92 Å². The lowest BCUT2D eigenvalue weighted by atomic mass is 10.0. The Morgan fingerprint density at radius 3 is 2.67 bits per heavy atom. The largest absolute Gasteiger partial charge is 0.455 e. The predicted octanol–water partition coefficient (Wildman–Crippen LogP) is 5.60. The summed E-state index contributed by atoms with van der Waals surface area (Å²) in [5.41, 5.74) is 4.38. The van der Waals surface area contributed by atoms with Crippen LogP contribution in [0.1, 0.15) is 5.56 Å². The fourth-order valence-electron chi connectivity index (χ4n) is 3.55. The third-order valence-corrected chi connectivity index (χ3v) is 5.71. The van der Waals surface area contributed by atoms with Crippen molar-refractivity contribution in [2.75, 3.05) is 0 Å². The highest BCUT2D eigenvalue weighted by Gasteiger charge is 2.22. The van der Waals surface area contributed by atoms with E-state index >= 15 is 0 Å². The van der Waals surface area contributed by atoms with Gasteiger partial charge in [0, 0.05) is 10.8 Å². The molecule has 0 bridgehead atoms. The topological polar surface area (TPSA) is 17.0 Å². The first-order valence-corrected chi connectivity index (χ1v) is 8.89. The molecule has 0 spiro atoms. The van der Waals surface area contributed by atoms with Gasteiger partial charge in [-0.3, -0.25) is 0 Å². The fraction of sp³-hybridized carbons (Fsp3) is 0.0952. The van der Waals surface area contributed by atoms with E-state index in [0.717, 1.165) is 11.2 Å². The van der Waals surface area contributed by atoms with Crippen LogP contribution in [0.3, 0.4) is 0 Å². The van der Waals surface area contributed by atoms with Crippen LogP contribution in [0.2, 0.25) is 0 Å². The maximum Gasteiger partial charge on any atom is 0.272 e. The van der Waals surface area contributed by atoms with Crippen molar-refractivity contribution < 1.29 is 8.98 Å².